The minimum atomic E-state index is -0.0679. The van der Waals surface area contributed by atoms with E-state index in [9.17, 15) is 4.79 Å². The largest absolute Gasteiger partial charge is 0.338 e. The highest BCUT2D eigenvalue weighted by atomic mass is 32.2. The molecule has 2 fully saturated rings. The van der Waals surface area contributed by atoms with Gasteiger partial charge < -0.3 is 10.2 Å². The van der Waals surface area contributed by atoms with Crippen molar-refractivity contribution in [3.8, 4) is 0 Å². The highest BCUT2D eigenvalue weighted by molar-refractivity contribution is 7.99. The van der Waals surface area contributed by atoms with Gasteiger partial charge in [-0.1, -0.05) is 6.92 Å². The van der Waals surface area contributed by atoms with Crippen LogP contribution < -0.4 is 5.32 Å². The number of carbonyl (C=O) groups excluding carboxylic acids is 1. The number of nitrogens with zero attached hydrogens (tertiary/aromatic N) is 1. The van der Waals surface area contributed by atoms with Crippen molar-refractivity contribution in [2.45, 2.75) is 39.2 Å². The van der Waals surface area contributed by atoms with Gasteiger partial charge in [-0.15, -0.1) is 0 Å². The summed E-state index contributed by atoms with van der Waals surface area (Å²) in [5.41, 5.74) is -0.0679. The molecule has 2 rings (SSSR count). The summed E-state index contributed by atoms with van der Waals surface area (Å²) < 4.78 is 0. The lowest BCUT2D eigenvalue weighted by Gasteiger charge is -2.43. The number of nitrogens with one attached hydrogen (secondary N) is 1. The predicted molar refractivity (Wildman–Crippen MR) is 73.3 cm³/mol. The molecule has 0 aromatic heterocycles. The normalized spacial score (nSPS) is 29.1. The Bertz CT molecular complexity index is 277. The standard InChI is InChI=1S/C13H24N2OS/c1-3-13(4-6-14-7-5-13)12(16)15-8-9-17-10-11(15)2/h11,14H,3-10H2,1-2H3. The Hall–Kier alpha value is -0.220. The van der Waals surface area contributed by atoms with Crippen LogP contribution in [-0.2, 0) is 4.79 Å². The zero-order valence-corrected chi connectivity index (χ0v) is 11.8. The van der Waals surface area contributed by atoms with Crippen molar-refractivity contribution in [3.05, 3.63) is 0 Å². The van der Waals surface area contributed by atoms with Gasteiger partial charge in [0.2, 0.25) is 5.91 Å². The van der Waals surface area contributed by atoms with Crippen molar-refractivity contribution in [2.75, 3.05) is 31.1 Å². The van der Waals surface area contributed by atoms with Gasteiger partial charge in [0.25, 0.3) is 0 Å². The van der Waals surface area contributed by atoms with Crippen molar-refractivity contribution in [1.82, 2.24) is 10.2 Å². The summed E-state index contributed by atoms with van der Waals surface area (Å²) >= 11 is 1.97. The summed E-state index contributed by atoms with van der Waals surface area (Å²) in [6.45, 7) is 7.30. The second-order valence-electron chi connectivity index (χ2n) is 5.31. The van der Waals surface area contributed by atoms with Crippen LogP contribution in [0.4, 0.5) is 0 Å². The van der Waals surface area contributed by atoms with E-state index in [0.29, 0.717) is 11.9 Å². The maximum absolute atomic E-state index is 12.8. The molecule has 0 radical (unpaired) electrons. The molecular weight excluding hydrogens is 232 g/mol. The Labute approximate surface area is 109 Å². The molecular formula is C13H24N2OS. The second kappa shape index (κ2) is 5.61. The van der Waals surface area contributed by atoms with Gasteiger partial charge in [0, 0.05) is 24.1 Å². The van der Waals surface area contributed by atoms with Gasteiger partial charge in [0.05, 0.1) is 5.41 Å². The molecule has 1 atom stereocenters. The fourth-order valence-electron chi connectivity index (χ4n) is 2.96. The molecule has 0 aromatic rings. The molecule has 2 aliphatic heterocycles. The molecule has 17 heavy (non-hydrogen) atoms. The van der Waals surface area contributed by atoms with E-state index in [1.165, 1.54) is 0 Å². The van der Waals surface area contributed by atoms with Gasteiger partial charge >= 0.3 is 0 Å². The summed E-state index contributed by atoms with van der Waals surface area (Å²) in [6, 6.07) is 0.416. The molecule has 1 amide bonds. The van der Waals surface area contributed by atoms with Gasteiger partial charge in [-0.25, -0.2) is 0 Å². The van der Waals surface area contributed by atoms with Crippen LogP contribution in [0.5, 0.6) is 0 Å². The first-order valence-corrected chi connectivity index (χ1v) is 7.94. The number of hydrogen-bond donors (Lipinski definition) is 1. The first kappa shape index (κ1) is 13.2. The first-order valence-electron chi connectivity index (χ1n) is 6.79. The number of amides is 1. The molecule has 3 nitrogen and oxygen atoms in total. The lowest BCUT2D eigenvalue weighted by atomic mass is 9.75. The monoisotopic (exact) mass is 256 g/mol. The van der Waals surface area contributed by atoms with Crippen LogP contribution in [-0.4, -0.2) is 48.0 Å². The lowest BCUT2D eigenvalue weighted by Crippen LogP contribution is -2.54. The fraction of sp³-hybridized carbons (Fsp3) is 0.923. The third-order valence-electron chi connectivity index (χ3n) is 4.32. The maximum atomic E-state index is 12.8. The van der Waals surface area contributed by atoms with E-state index in [-0.39, 0.29) is 5.41 Å². The maximum Gasteiger partial charge on any atom is 0.229 e. The minimum absolute atomic E-state index is 0.0679. The van der Waals surface area contributed by atoms with Gasteiger partial charge in [0.1, 0.15) is 0 Å². The molecule has 1 N–H and O–H groups in total. The van der Waals surface area contributed by atoms with Crippen LogP contribution in [0.2, 0.25) is 0 Å². The van der Waals surface area contributed by atoms with Gasteiger partial charge in [-0.2, -0.15) is 11.8 Å². The first-order chi connectivity index (χ1) is 8.19. The Morgan fingerprint density at radius 3 is 2.76 bits per heavy atom. The third-order valence-corrected chi connectivity index (χ3v) is 5.51. The molecule has 0 aromatic carbocycles. The van der Waals surface area contributed by atoms with Crippen molar-refractivity contribution < 1.29 is 4.79 Å². The summed E-state index contributed by atoms with van der Waals surface area (Å²) in [4.78, 5) is 14.9. The number of piperidine rings is 1. The lowest BCUT2D eigenvalue weighted by molar-refractivity contribution is -0.145. The van der Waals surface area contributed by atoms with E-state index < -0.39 is 0 Å². The van der Waals surface area contributed by atoms with Crippen LogP contribution in [0.25, 0.3) is 0 Å². The Kier molecular flexibility index (Phi) is 4.36. The summed E-state index contributed by atoms with van der Waals surface area (Å²) in [6.07, 6.45) is 3.02. The number of carbonyl (C=O) groups is 1. The fourth-order valence-corrected chi connectivity index (χ4v) is 3.97. The van der Waals surface area contributed by atoms with Crippen LogP contribution in [0.15, 0.2) is 0 Å². The molecule has 4 heteroatoms. The Balaban J connectivity index is 2.10. The predicted octanol–water partition coefficient (Wildman–Crippen LogP) is 1.73. The minimum Gasteiger partial charge on any atom is -0.338 e. The molecule has 2 saturated heterocycles. The van der Waals surface area contributed by atoms with E-state index in [0.717, 1.165) is 50.4 Å². The quantitative estimate of drug-likeness (QED) is 0.816. The second-order valence-corrected chi connectivity index (χ2v) is 6.46. The molecule has 2 aliphatic rings. The van der Waals surface area contributed by atoms with Gasteiger partial charge in [-0.3, -0.25) is 4.79 Å². The van der Waals surface area contributed by atoms with Crippen LogP contribution in [0.3, 0.4) is 0 Å². The van der Waals surface area contributed by atoms with Crippen molar-refractivity contribution in [2.24, 2.45) is 5.41 Å². The summed E-state index contributed by atoms with van der Waals surface area (Å²) in [5.74, 6) is 2.63. The van der Waals surface area contributed by atoms with E-state index >= 15 is 0 Å². The molecule has 0 aliphatic carbocycles. The topological polar surface area (TPSA) is 32.3 Å². The van der Waals surface area contributed by atoms with Crippen molar-refractivity contribution >= 4 is 17.7 Å². The van der Waals surface area contributed by atoms with Gasteiger partial charge in [-0.05, 0) is 39.3 Å². The molecule has 0 spiro atoms. The smallest absolute Gasteiger partial charge is 0.229 e. The van der Waals surface area contributed by atoms with Crippen molar-refractivity contribution in [1.29, 1.82) is 0 Å². The van der Waals surface area contributed by atoms with Crippen LogP contribution in [0.1, 0.15) is 33.1 Å². The summed E-state index contributed by atoms with van der Waals surface area (Å²) in [5, 5.41) is 3.37. The molecule has 0 bridgehead atoms. The molecule has 2 heterocycles. The number of rotatable bonds is 2. The highest BCUT2D eigenvalue weighted by Crippen LogP contribution is 2.36. The summed E-state index contributed by atoms with van der Waals surface area (Å²) in [7, 11) is 0. The van der Waals surface area contributed by atoms with Gasteiger partial charge in [0.15, 0.2) is 0 Å². The van der Waals surface area contributed by atoms with Crippen LogP contribution >= 0.6 is 11.8 Å². The third kappa shape index (κ3) is 2.63. The zero-order valence-electron chi connectivity index (χ0n) is 11.0. The van der Waals surface area contributed by atoms with Crippen molar-refractivity contribution in [3.63, 3.8) is 0 Å². The van der Waals surface area contributed by atoms with E-state index in [1.54, 1.807) is 0 Å². The van der Waals surface area contributed by atoms with E-state index in [1.807, 2.05) is 11.8 Å². The zero-order chi connectivity index (χ0) is 12.3. The molecule has 98 valence electrons. The highest BCUT2D eigenvalue weighted by Gasteiger charge is 2.42. The average Bonchev–Trinajstić information content (AvgIpc) is 2.39. The Morgan fingerprint density at radius 2 is 2.18 bits per heavy atom. The SMILES string of the molecule is CCC1(C(=O)N2CCSCC2C)CCNCC1. The number of thioether (sulfide) groups is 1. The Morgan fingerprint density at radius 1 is 1.47 bits per heavy atom. The molecule has 1 unspecified atom stereocenters. The van der Waals surface area contributed by atoms with E-state index in [2.05, 4.69) is 24.1 Å². The van der Waals surface area contributed by atoms with E-state index in [4.69, 9.17) is 0 Å². The number of hydrogen-bond acceptors (Lipinski definition) is 3. The average molecular weight is 256 g/mol. The van der Waals surface area contributed by atoms with Crippen LogP contribution in [0, 0.1) is 5.41 Å². The molecule has 0 saturated carbocycles.